The van der Waals surface area contributed by atoms with E-state index in [1.807, 2.05) is 0 Å². The van der Waals surface area contributed by atoms with Gasteiger partial charge in [0.05, 0.1) is 11.1 Å². The molecule has 1 heterocycles. The van der Waals surface area contributed by atoms with Gasteiger partial charge in [-0.2, -0.15) is 13.2 Å². The van der Waals surface area contributed by atoms with Crippen molar-refractivity contribution in [3.8, 4) is 5.75 Å². The fraction of sp³-hybridized carbons (Fsp3) is 0.250. The second kappa shape index (κ2) is 4.97. The molecule has 0 fully saturated rings. The number of alkyl halides is 5. The molecule has 0 aliphatic carbocycles. The summed E-state index contributed by atoms with van der Waals surface area (Å²) in [6, 6.07) is 0.707. The van der Waals surface area contributed by atoms with Crippen LogP contribution in [-0.2, 0) is 4.79 Å². The molecular weight excluding hydrogens is 306 g/mol. The average molecular weight is 313 g/mol. The molecule has 0 unspecified atom stereocenters. The SMILES string of the molecule is [2H]C(F)(F)c1cc(F)cc2c1O[C@H](C(F)(F)F)C(C(=O)O)=C2. The van der Waals surface area contributed by atoms with Gasteiger partial charge in [-0.3, -0.25) is 0 Å². The molecule has 114 valence electrons. The van der Waals surface area contributed by atoms with E-state index in [2.05, 4.69) is 4.74 Å². The average Bonchev–Trinajstić information content (AvgIpc) is 2.33. The minimum absolute atomic E-state index is 0.166. The molecule has 1 aromatic carbocycles. The van der Waals surface area contributed by atoms with Gasteiger partial charge in [0.25, 0.3) is 6.40 Å². The van der Waals surface area contributed by atoms with Crippen LogP contribution in [0, 0.1) is 5.82 Å². The Morgan fingerprint density at radius 2 is 2.00 bits per heavy atom. The molecule has 0 radical (unpaired) electrons. The Morgan fingerprint density at radius 3 is 2.48 bits per heavy atom. The van der Waals surface area contributed by atoms with E-state index in [-0.39, 0.29) is 6.07 Å². The molecule has 0 amide bonds. The van der Waals surface area contributed by atoms with Crippen LogP contribution in [0.25, 0.3) is 6.08 Å². The van der Waals surface area contributed by atoms with Crippen molar-refractivity contribution >= 4 is 12.0 Å². The number of carboxylic acids is 1. The monoisotopic (exact) mass is 313 g/mol. The van der Waals surface area contributed by atoms with Crippen molar-refractivity contribution in [2.75, 3.05) is 0 Å². The zero-order valence-electron chi connectivity index (χ0n) is 10.8. The number of fused-ring (bicyclic) bond motifs is 1. The summed E-state index contributed by atoms with van der Waals surface area (Å²) in [4.78, 5) is 10.9. The van der Waals surface area contributed by atoms with Crippen LogP contribution in [0.4, 0.5) is 26.3 Å². The van der Waals surface area contributed by atoms with Crippen molar-refractivity contribution in [2.45, 2.75) is 18.7 Å². The van der Waals surface area contributed by atoms with E-state index in [0.29, 0.717) is 12.1 Å². The highest BCUT2D eigenvalue weighted by Crippen LogP contribution is 2.42. The number of hydrogen-bond donors (Lipinski definition) is 1. The second-order valence-corrected chi connectivity index (χ2v) is 4.08. The summed E-state index contributed by atoms with van der Waals surface area (Å²) in [5.74, 6) is -4.33. The molecule has 1 aromatic rings. The second-order valence-electron chi connectivity index (χ2n) is 4.08. The first kappa shape index (κ1) is 13.8. The summed E-state index contributed by atoms with van der Waals surface area (Å²) in [7, 11) is 0. The van der Waals surface area contributed by atoms with E-state index in [1.54, 1.807) is 0 Å². The molecule has 0 bridgehead atoms. The van der Waals surface area contributed by atoms with Crippen molar-refractivity contribution in [3.05, 3.63) is 34.6 Å². The third kappa shape index (κ3) is 2.81. The number of carboxylic acid groups (broad SMARTS) is 1. The van der Waals surface area contributed by atoms with Gasteiger partial charge in [0, 0.05) is 5.56 Å². The number of carbonyl (C=O) groups is 1. The summed E-state index contributed by atoms with van der Waals surface area (Å²) in [5.41, 5.74) is -3.30. The predicted octanol–water partition coefficient (Wildman–Crippen LogP) is 3.55. The zero-order chi connectivity index (χ0) is 16.9. The van der Waals surface area contributed by atoms with Crippen molar-refractivity contribution in [1.29, 1.82) is 0 Å². The van der Waals surface area contributed by atoms with Gasteiger partial charge in [-0.15, -0.1) is 0 Å². The van der Waals surface area contributed by atoms with Gasteiger partial charge in [0.2, 0.25) is 6.10 Å². The zero-order valence-corrected chi connectivity index (χ0v) is 9.84. The summed E-state index contributed by atoms with van der Waals surface area (Å²) < 4.78 is 88.8. The van der Waals surface area contributed by atoms with Crippen molar-refractivity contribution in [2.24, 2.45) is 0 Å². The highest BCUT2D eigenvalue weighted by Gasteiger charge is 2.49. The molecule has 1 aliphatic rings. The van der Waals surface area contributed by atoms with E-state index in [4.69, 9.17) is 6.48 Å². The Balaban J connectivity index is 2.71. The molecule has 21 heavy (non-hydrogen) atoms. The third-order valence-corrected chi connectivity index (χ3v) is 2.66. The lowest BCUT2D eigenvalue weighted by Crippen LogP contribution is -2.40. The third-order valence-electron chi connectivity index (χ3n) is 2.66. The van der Waals surface area contributed by atoms with Gasteiger partial charge in [-0.25, -0.2) is 18.0 Å². The number of hydrogen-bond acceptors (Lipinski definition) is 2. The molecule has 9 heteroatoms. The lowest BCUT2D eigenvalue weighted by Gasteiger charge is -2.28. The molecule has 2 rings (SSSR count). The summed E-state index contributed by atoms with van der Waals surface area (Å²) >= 11 is 0. The Labute approximate surface area is 114 Å². The van der Waals surface area contributed by atoms with E-state index in [9.17, 15) is 31.1 Å². The minimum Gasteiger partial charge on any atom is -0.478 e. The predicted molar refractivity (Wildman–Crippen MR) is 57.4 cm³/mol. The lowest BCUT2D eigenvalue weighted by atomic mass is 9.98. The first-order chi connectivity index (χ1) is 9.91. The van der Waals surface area contributed by atoms with Crippen LogP contribution in [0.15, 0.2) is 17.7 Å². The van der Waals surface area contributed by atoms with Crippen LogP contribution in [0.3, 0.4) is 0 Å². The summed E-state index contributed by atoms with van der Waals surface area (Å²) in [5, 5.41) is 8.77. The Kier molecular flexibility index (Phi) is 3.26. The summed E-state index contributed by atoms with van der Waals surface area (Å²) in [6.45, 7) is 0. The highest BCUT2D eigenvalue weighted by molar-refractivity contribution is 5.95. The number of aliphatic carboxylic acids is 1. The van der Waals surface area contributed by atoms with Crippen molar-refractivity contribution in [3.63, 3.8) is 0 Å². The van der Waals surface area contributed by atoms with Crippen molar-refractivity contribution < 1.29 is 42.4 Å². The van der Waals surface area contributed by atoms with Gasteiger partial charge in [-0.1, -0.05) is 0 Å². The van der Waals surface area contributed by atoms with Crippen LogP contribution in [-0.4, -0.2) is 23.4 Å². The molecule has 0 aromatic heterocycles. The van der Waals surface area contributed by atoms with E-state index in [0.717, 1.165) is 0 Å². The van der Waals surface area contributed by atoms with E-state index >= 15 is 0 Å². The number of ether oxygens (including phenoxy) is 1. The van der Waals surface area contributed by atoms with Crippen LogP contribution >= 0.6 is 0 Å². The normalized spacial score (nSPS) is 19.2. The van der Waals surface area contributed by atoms with Gasteiger partial charge >= 0.3 is 12.1 Å². The molecule has 0 saturated carbocycles. The van der Waals surface area contributed by atoms with Crippen LogP contribution in [0.1, 0.15) is 18.9 Å². The van der Waals surface area contributed by atoms with Crippen LogP contribution < -0.4 is 4.74 Å². The minimum atomic E-state index is -5.19. The molecule has 1 aliphatic heterocycles. The number of halogens is 6. The highest BCUT2D eigenvalue weighted by atomic mass is 19.4. The fourth-order valence-corrected chi connectivity index (χ4v) is 1.84. The smallest absolute Gasteiger partial charge is 0.430 e. The van der Waals surface area contributed by atoms with Crippen molar-refractivity contribution in [1.82, 2.24) is 0 Å². The van der Waals surface area contributed by atoms with Crippen LogP contribution in [0.2, 0.25) is 0 Å². The molecule has 1 atom stereocenters. The first-order valence-electron chi connectivity index (χ1n) is 5.81. The summed E-state index contributed by atoms with van der Waals surface area (Å²) in [6.07, 6.45) is -12.2. The Bertz CT molecular complexity index is 662. The number of benzene rings is 1. The maximum absolute atomic E-state index is 13.3. The molecule has 1 N–H and O–H groups in total. The number of rotatable bonds is 2. The quantitative estimate of drug-likeness (QED) is 0.849. The first-order valence-corrected chi connectivity index (χ1v) is 5.31. The molecule has 0 saturated heterocycles. The van der Waals surface area contributed by atoms with Gasteiger partial charge < -0.3 is 9.84 Å². The largest absolute Gasteiger partial charge is 0.478 e. The van der Waals surface area contributed by atoms with E-state index in [1.165, 1.54) is 0 Å². The maximum atomic E-state index is 13.3. The molecule has 3 nitrogen and oxygen atoms in total. The van der Waals surface area contributed by atoms with Gasteiger partial charge in [-0.05, 0) is 18.2 Å². The standard InChI is InChI=1S/C12H6F6O3/c13-5-1-4-2-7(11(19)20)9(12(16,17)18)21-8(4)6(3-5)10(14)15/h1-3,9-10H,(H,19,20)/t9-/m0/s1/i10D. The Hall–Kier alpha value is -2.19. The maximum Gasteiger partial charge on any atom is 0.430 e. The molecular formula is C12H6F6O3. The van der Waals surface area contributed by atoms with Gasteiger partial charge in [0.15, 0.2) is 0 Å². The van der Waals surface area contributed by atoms with Gasteiger partial charge in [0.1, 0.15) is 12.9 Å². The topological polar surface area (TPSA) is 46.5 Å². The lowest BCUT2D eigenvalue weighted by molar-refractivity contribution is -0.187. The van der Waals surface area contributed by atoms with E-state index < -0.39 is 52.9 Å². The fourth-order valence-electron chi connectivity index (χ4n) is 1.84. The van der Waals surface area contributed by atoms with Crippen LogP contribution in [0.5, 0.6) is 5.75 Å². The molecule has 0 spiro atoms. The Morgan fingerprint density at radius 1 is 1.38 bits per heavy atom.